The fourth-order valence-corrected chi connectivity index (χ4v) is 2.39. The molecular formula is C14H32N2O. The largest absolute Gasteiger partial charge is 0.385 e. The van der Waals surface area contributed by atoms with Crippen molar-refractivity contribution in [3.8, 4) is 0 Å². The van der Waals surface area contributed by atoms with Gasteiger partial charge in [-0.3, -0.25) is 0 Å². The van der Waals surface area contributed by atoms with E-state index in [0.717, 1.165) is 32.4 Å². The fraction of sp³-hybridized carbons (Fsp3) is 1.00. The van der Waals surface area contributed by atoms with Crippen LogP contribution in [0.25, 0.3) is 0 Å². The smallest absolute Gasteiger partial charge is 0.0462 e. The van der Waals surface area contributed by atoms with Gasteiger partial charge in [0.1, 0.15) is 0 Å². The first-order valence-electron chi connectivity index (χ1n) is 6.66. The van der Waals surface area contributed by atoms with Crippen molar-refractivity contribution in [3.63, 3.8) is 0 Å². The van der Waals surface area contributed by atoms with E-state index >= 15 is 0 Å². The quantitative estimate of drug-likeness (QED) is 0.645. The summed E-state index contributed by atoms with van der Waals surface area (Å²) in [5, 5.41) is 3.58. The molecule has 0 heterocycles. The summed E-state index contributed by atoms with van der Waals surface area (Å²) in [5.41, 5.74) is 6.56. The summed E-state index contributed by atoms with van der Waals surface area (Å²) in [6.45, 7) is 13.0. The number of nitrogens with two attached hydrogens (primary N) is 1. The summed E-state index contributed by atoms with van der Waals surface area (Å²) in [6, 6.07) is 0.226. The van der Waals surface area contributed by atoms with E-state index in [0.29, 0.717) is 5.41 Å². The molecule has 0 aromatic rings. The third-order valence-corrected chi connectivity index (χ3v) is 2.74. The molecule has 0 aliphatic carbocycles. The second-order valence-electron chi connectivity index (χ2n) is 6.90. The molecule has 0 rings (SSSR count). The minimum atomic E-state index is 0.150. The predicted molar refractivity (Wildman–Crippen MR) is 75.2 cm³/mol. The molecule has 0 radical (unpaired) electrons. The van der Waals surface area contributed by atoms with E-state index in [-0.39, 0.29) is 11.6 Å². The van der Waals surface area contributed by atoms with E-state index < -0.39 is 0 Å². The lowest BCUT2D eigenvalue weighted by Gasteiger charge is -2.34. The maximum Gasteiger partial charge on any atom is 0.0462 e. The fourth-order valence-electron chi connectivity index (χ4n) is 2.39. The summed E-state index contributed by atoms with van der Waals surface area (Å²) in [4.78, 5) is 0. The summed E-state index contributed by atoms with van der Waals surface area (Å²) >= 11 is 0. The summed E-state index contributed by atoms with van der Waals surface area (Å²) in [7, 11) is 1.73. The number of methoxy groups -OCH3 is 1. The molecule has 0 aliphatic rings. The van der Waals surface area contributed by atoms with Gasteiger partial charge < -0.3 is 15.8 Å². The number of nitrogens with one attached hydrogen (secondary N) is 1. The third kappa shape index (κ3) is 10.7. The standard InChI is InChI=1S/C14H32N2O/c1-13(2,3)11-14(4,5)16-10-12(15)8-7-9-17-6/h12,16H,7-11,15H2,1-6H3. The van der Waals surface area contributed by atoms with Crippen molar-refractivity contribution >= 4 is 0 Å². The molecule has 3 N–H and O–H groups in total. The van der Waals surface area contributed by atoms with E-state index in [1.165, 1.54) is 0 Å². The normalized spacial score (nSPS) is 15.0. The molecule has 0 fully saturated rings. The number of ether oxygens (including phenoxy) is 1. The van der Waals surface area contributed by atoms with Crippen LogP contribution >= 0.6 is 0 Å². The average molecular weight is 244 g/mol. The Morgan fingerprint density at radius 3 is 2.24 bits per heavy atom. The van der Waals surface area contributed by atoms with Crippen LogP contribution in [0, 0.1) is 5.41 Å². The molecule has 0 aromatic carbocycles. The molecule has 3 nitrogen and oxygen atoms in total. The maximum atomic E-state index is 6.07. The molecule has 104 valence electrons. The van der Waals surface area contributed by atoms with Crippen molar-refractivity contribution in [2.45, 2.75) is 65.5 Å². The van der Waals surface area contributed by atoms with Crippen LogP contribution in [0.15, 0.2) is 0 Å². The number of hydrogen-bond acceptors (Lipinski definition) is 3. The second-order valence-corrected chi connectivity index (χ2v) is 6.90. The Labute approximate surface area is 107 Å². The molecule has 0 aromatic heterocycles. The molecule has 1 unspecified atom stereocenters. The van der Waals surface area contributed by atoms with Crippen molar-refractivity contribution in [3.05, 3.63) is 0 Å². The van der Waals surface area contributed by atoms with Crippen molar-refractivity contribution in [2.75, 3.05) is 20.3 Å². The zero-order valence-electron chi connectivity index (χ0n) is 12.6. The van der Waals surface area contributed by atoms with Crippen molar-refractivity contribution < 1.29 is 4.74 Å². The van der Waals surface area contributed by atoms with Crippen molar-refractivity contribution in [2.24, 2.45) is 11.1 Å². The van der Waals surface area contributed by atoms with Gasteiger partial charge in [-0.1, -0.05) is 20.8 Å². The van der Waals surface area contributed by atoms with Gasteiger partial charge in [0.25, 0.3) is 0 Å². The van der Waals surface area contributed by atoms with E-state index in [1.807, 2.05) is 0 Å². The lowest BCUT2D eigenvalue weighted by atomic mass is 9.81. The maximum absolute atomic E-state index is 6.07. The molecule has 3 heteroatoms. The van der Waals surface area contributed by atoms with Crippen LogP contribution in [0.5, 0.6) is 0 Å². The first kappa shape index (κ1) is 16.9. The van der Waals surface area contributed by atoms with E-state index in [9.17, 15) is 0 Å². The Kier molecular flexibility index (Phi) is 7.29. The first-order valence-corrected chi connectivity index (χ1v) is 6.66. The SMILES string of the molecule is COCCCC(N)CNC(C)(C)CC(C)(C)C. The second kappa shape index (κ2) is 7.34. The highest BCUT2D eigenvalue weighted by atomic mass is 16.5. The highest BCUT2D eigenvalue weighted by molar-refractivity contribution is 4.84. The predicted octanol–water partition coefficient (Wildman–Crippen LogP) is 2.54. The Hall–Kier alpha value is -0.120. The van der Waals surface area contributed by atoms with Gasteiger partial charge in [-0.05, 0) is 38.5 Å². The first-order chi connectivity index (χ1) is 7.66. The topological polar surface area (TPSA) is 47.3 Å². The van der Waals surface area contributed by atoms with E-state index in [4.69, 9.17) is 10.5 Å². The lowest BCUT2D eigenvalue weighted by molar-refractivity contribution is 0.188. The highest BCUT2D eigenvalue weighted by Crippen LogP contribution is 2.26. The van der Waals surface area contributed by atoms with Crippen LogP contribution in [-0.2, 0) is 4.74 Å². The van der Waals surface area contributed by atoms with Crippen molar-refractivity contribution in [1.29, 1.82) is 0 Å². The van der Waals surface area contributed by atoms with Crippen LogP contribution in [0.2, 0.25) is 0 Å². The van der Waals surface area contributed by atoms with Gasteiger partial charge in [-0.25, -0.2) is 0 Å². The van der Waals surface area contributed by atoms with Gasteiger partial charge >= 0.3 is 0 Å². The molecule has 0 amide bonds. The lowest BCUT2D eigenvalue weighted by Crippen LogP contribution is -2.47. The molecular weight excluding hydrogens is 212 g/mol. The Morgan fingerprint density at radius 2 is 1.76 bits per heavy atom. The van der Waals surface area contributed by atoms with Crippen LogP contribution in [0.3, 0.4) is 0 Å². The van der Waals surface area contributed by atoms with Crippen LogP contribution in [-0.4, -0.2) is 31.8 Å². The zero-order chi connectivity index (χ0) is 13.5. The number of rotatable bonds is 8. The monoisotopic (exact) mass is 244 g/mol. The molecule has 0 saturated heterocycles. The molecule has 0 bridgehead atoms. The van der Waals surface area contributed by atoms with Crippen molar-refractivity contribution in [1.82, 2.24) is 5.32 Å². The average Bonchev–Trinajstić information content (AvgIpc) is 2.12. The highest BCUT2D eigenvalue weighted by Gasteiger charge is 2.25. The van der Waals surface area contributed by atoms with Crippen LogP contribution in [0.1, 0.15) is 53.9 Å². The summed E-state index contributed by atoms with van der Waals surface area (Å²) in [5.74, 6) is 0. The third-order valence-electron chi connectivity index (χ3n) is 2.74. The van der Waals surface area contributed by atoms with Crippen LogP contribution in [0.4, 0.5) is 0 Å². The van der Waals surface area contributed by atoms with E-state index in [2.05, 4.69) is 39.9 Å². The van der Waals surface area contributed by atoms with Gasteiger partial charge in [0, 0.05) is 31.8 Å². The van der Waals surface area contributed by atoms with Crippen LogP contribution < -0.4 is 11.1 Å². The molecule has 0 aliphatic heterocycles. The summed E-state index contributed by atoms with van der Waals surface area (Å²) in [6.07, 6.45) is 3.20. The molecule has 0 saturated carbocycles. The van der Waals surface area contributed by atoms with E-state index in [1.54, 1.807) is 7.11 Å². The summed E-state index contributed by atoms with van der Waals surface area (Å²) < 4.78 is 5.03. The zero-order valence-corrected chi connectivity index (χ0v) is 12.6. The molecule has 1 atom stereocenters. The number of hydrogen-bond donors (Lipinski definition) is 2. The molecule has 17 heavy (non-hydrogen) atoms. The Morgan fingerprint density at radius 1 is 1.18 bits per heavy atom. The molecule has 0 spiro atoms. The van der Waals surface area contributed by atoms with Gasteiger partial charge in [0.15, 0.2) is 0 Å². The Bertz CT molecular complexity index is 197. The van der Waals surface area contributed by atoms with Gasteiger partial charge in [-0.2, -0.15) is 0 Å². The van der Waals surface area contributed by atoms with Gasteiger partial charge in [-0.15, -0.1) is 0 Å². The van der Waals surface area contributed by atoms with Gasteiger partial charge in [0.2, 0.25) is 0 Å². The minimum absolute atomic E-state index is 0.150. The van der Waals surface area contributed by atoms with Gasteiger partial charge in [0.05, 0.1) is 0 Å². The Balaban J connectivity index is 3.84. The minimum Gasteiger partial charge on any atom is -0.385 e.